The summed E-state index contributed by atoms with van der Waals surface area (Å²) in [5, 5.41) is -0.0313. The molecule has 0 aliphatic heterocycles. The molecule has 0 radical (unpaired) electrons. The van der Waals surface area contributed by atoms with Crippen molar-refractivity contribution in [1.82, 2.24) is 10.4 Å². The van der Waals surface area contributed by atoms with Crippen LogP contribution < -0.4 is 15.9 Å². The number of rotatable bonds is 13. The number of benzene rings is 3. The average molecular weight is 470 g/mol. The Morgan fingerprint density at radius 1 is 0.879 bits per heavy atom. The quantitative estimate of drug-likeness (QED) is 0.217. The summed E-state index contributed by atoms with van der Waals surface area (Å²) in [6.45, 7) is 2.39. The third-order valence-corrected chi connectivity index (χ3v) is 5.74. The van der Waals surface area contributed by atoms with E-state index in [-0.39, 0.29) is 6.61 Å². The lowest BCUT2D eigenvalue weighted by molar-refractivity contribution is -0.469. The number of para-hydroxylation sites is 1. The van der Waals surface area contributed by atoms with Gasteiger partial charge in [-0.3, -0.25) is 5.73 Å². The van der Waals surface area contributed by atoms with Gasteiger partial charge in [0.05, 0.1) is 13.2 Å². The molecule has 0 aromatic heterocycles. The van der Waals surface area contributed by atoms with Gasteiger partial charge in [-0.1, -0.05) is 71.7 Å². The molecule has 8 heteroatoms. The number of methoxy groups -OCH3 is 1. The van der Waals surface area contributed by atoms with Crippen molar-refractivity contribution in [3.05, 3.63) is 96.6 Å². The molecule has 33 heavy (non-hydrogen) atoms. The number of nitrogens with two attached hydrogens (primary N) is 1. The Balaban J connectivity index is 1.99. The molecule has 176 valence electrons. The van der Waals surface area contributed by atoms with Crippen molar-refractivity contribution in [3.63, 3.8) is 0 Å². The smallest absolute Gasteiger partial charge is 0.372 e. The van der Waals surface area contributed by atoms with Crippen molar-refractivity contribution in [2.24, 2.45) is 5.73 Å². The van der Waals surface area contributed by atoms with Gasteiger partial charge in [0.15, 0.2) is 0 Å². The lowest BCUT2D eigenvalue weighted by Gasteiger charge is -2.47. The highest BCUT2D eigenvalue weighted by Crippen LogP contribution is 2.38. The van der Waals surface area contributed by atoms with Crippen LogP contribution >= 0.6 is 11.8 Å². The van der Waals surface area contributed by atoms with E-state index in [1.165, 1.54) is 23.9 Å². The molecular weight excluding hydrogens is 438 g/mol. The highest BCUT2D eigenvalue weighted by molar-refractivity contribution is 8.00. The van der Waals surface area contributed by atoms with Crippen LogP contribution in [-0.4, -0.2) is 37.1 Å². The Morgan fingerprint density at radius 2 is 1.45 bits per heavy atom. The standard InChI is InChI=1S/C25H31N3O4S/c1-4-30-25(29-3,31-20-21-14-8-5-9-15-21)28(27-2)24(26,32-22-16-10-6-11-17-22)33-23-18-12-7-13-19-23/h5-19,27H,4,20,26H2,1-3H3. The first-order chi connectivity index (χ1) is 16.0. The fourth-order valence-electron chi connectivity index (χ4n) is 3.22. The van der Waals surface area contributed by atoms with Gasteiger partial charge in [-0.05, 0) is 55.6 Å². The van der Waals surface area contributed by atoms with Crippen molar-refractivity contribution in [1.29, 1.82) is 0 Å². The Morgan fingerprint density at radius 3 is 2.00 bits per heavy atom. The van der Waals surface area contributed by atoms with E-state index in [1.807, 2.05) is 97.9 Å². The second-order valence-electron chi connectivity index (χ2n) is 6.96. The number of hydrogen-bond acceptors (Lipinski definition) is 8. The van der Waals surface area contributed by atoms with E-state index in [9.17, 15) is 0 Å². The van der Waals surface area contributed by atoms with Crippen molar-refractivity contribution >= 4 is 11.8 Å². The Hall–Kier alpha value is -2.43. The van der Waals surface area contributed by atoms with E-state index < -0.39 is 11.3 Å². The Labute approximate surface area is 199 Å². The van der Waals surface area contributed by atoms with Crippen LogP contribution in [0.15, 0.2) is 95.9 Å². The van der Waals surface area contributed by atoms with Crippen LogP contribution in [0.4, 0.5) is 0 Å². The molecule has 7 nitrogen and oxygen atoms in total. The predicted octanol–water partition coefficient (Wildman–Crippen LogP) is 4.38. The largest absolute Gasteiger partial charge is 0.448 e. The molecule has 0 spiro atoms. The maximum absolute atomic E-state index is 6.94. The topological polar surface area (TPSA) is 78.2 Å². The minimum absolute atomic E-state index is 0.226. The normalized spacial score (nSPS) is 15.1. The monoisotopic (exact) mass is 469 g/mol. The van der Waals surface area contributed by atoms with E-state index >= 15 is 0 Å². The molecule has 3 rings (SSSR count). The van der Waals surface area contributed by atoms with Crippen molar-refractivity contribution in [2.75, 3.05) is 20.8 Å². The second kappa shape index (κ2) is 12.2. The molecule has 0 fully saturated rings. The zero-order chi connectivity index (χ0) is 23.6. The van der Waals surface area contributed by atoms with E-state index in [0.717, 1.165) is 10.5 Å². The first-order valence-corrected chi connectivity index (χ1v) is 11.5. The zero-order valence-corrected chi connectivity index (χ0v) is 20.0. The van der Waals surface area contributed by atoms with Gasteiger partial charge in [-0.25, -0.2) is 5.43 Å². The van der Waals surface area contributed by atoms with Crippen LogP contribution in [0.2, 0.25) is 0 Å². The lowest BCUT2D eigenvalue weighted by atomic mass is 10.2. The van der Waals surface area contributed by atoms with Gasteiger partial charge in [0.1, 0.15) is 5.75 Å². The molecule has 2 unspecified atom stereocenters. The molecular formula is C25H31N3O4S. The highest BCUT2D eigenvalue weighted by Gasteiger charge is 2.53. The third-order valence-electron chi connectivity index (χ3n) is 4.67. The Kier molecular flexibility index (Phi) is 9.28. The molecule has 0 bridgehead atoms. The summed E-state index contributed by atoms with van der Waals surface area (Å²) < 4.78 is 24.4. The number of hydrogen-bond donors (Lipinski definition) is 2. The van der Waals surface area contributed by atoms with E-state index in [2.05, 4.69) is 5.43 Å². The molecule has 0 saturated carbocycles. The molecule has 0 aliphatic rings. The minimum atomic E-state index is -1.69. The van der Waals surface area contributed by atoms with Crippen molar-refractivity contribution in [3.8, 4) is 5.75 Å². The number of ether oxygens (including phenoxy) is 4. The van der Waals surface area contributed by atoms with Crippen LogP contribution in [0.5, 0.6) is 5.75 Å². The van der Waals surface area contributed by atoms with Crippen LogP contribution in [0.1, 0.15) is 12.5 Å². The minimum Gasteiger partial charge on any atom is -0.448 e. The fourth-order valence-corrected chi connectivity index (χ4v) is 4.28. The SMILES string of the molecule is CCOC(OC)(OCc1ccccc1)N(NC)C(N)(Oc1ccccc1)Sc1ccccc1. The maximum Gasteiger partial charge on any atom is 0.372 e. The maximum atomic E-state index is 6.94. The van der Waals surface area contributed by atoms with Gasteiger partial charge in [0.2, 0.25) is 0 Å². The highest BCUT2D eigenvalue weighted by atomic mass is 32.2. The number of nitrogens with one attached hydrogen (secondary N) is 1. The fraction of sp³-hybridized carbons (Fsp3) is 0.280. The first kappa shape index (κ1) is 25.2. The summed E-state index contributed by atoms with van der Waals surface area (Å²) >= 11 is 1.29. The molecule has 0 amide bonds. The molecule has 2 atom stereocenters. The van der Waals surface area contributed by atoms with Crippen LogP contribution in [0, 0.1) is 0 Å². The summed E-state index contributed by atoms with van der Waals surface area (Å²) in [5.74, 6) is 0.577. The van der Waals surface area contributed by atoms with Crippen LogP contribution in [0.3, 0.4) is 0 Å². The van der Waals surface area contributed by atoms with Crippen LogP contribution in [-0.2, 0) is 20.8 Å². The zero-order valence-electron chi connectivity index (χ0n) is 19.1. The molecule has 0 saturated heterocycles. The molecule has 3 aromatic carbocycles. The summed E-state index contributed by atoms with van der Waals surface area (Å²) in [4.78, 5) is 0.890. The average Bonchev–Trinajstić information content (AvgIpc) is 2.84. The van der Waals surface area contributed by atoms with E-state index in [1.54, 1.807) is 7.05 Å². The van der Waals surface area contributed by atoms with Crippen LogP contribution in [0.25, 0.3) is 0 Å². The summed E-state index contributed by atoms with van der Waals surface area (Å²) in [5.41, 5.74) is 11.0. The first-order valence-electron chi connectivity index (χ1n) is 10.7. The molecule has 3 N–H and O–H groups in total. The van der Waals surface area contributed by atoms with Gasteiger partial charge in [-0.2, -0.15) is 0 Å². The van der Waals surface area contributed by atoms with Crippen molar-refractivity contribution in [2.45, 2.75) is 29.7 Å². The van der Waals surface area contributed by atoms with Gasteiger partial charge in [0, 0.05) is 12.0 Å². The number of hydrazine groups is 1. The predicted molar refractivity (Wildman–Crippen MR) is 130 cm³/mol. The third kappa shape index (κ3) is 6.55. The second-order valence-corrected chi connectivity index (χ2v) is 8.22. The summed E-state index contributed by atoms with van der Waals surface area (Å²) in [6.07, 6.45) is -1.69. The molecule has 0 aliphatic carbocycles. The van der Waals surface area contributed by atoms with Gasteiger partial charge >= 0.3 is 6.10 Å². The lowest BCUT2D eigenvalue weighted by Crippen LogP contribution is -2.72. The van der Waals surface area contributed by atoms with Gasteiger partial charge in [-0.15, -0.1) is 0 Å². The van der Waals surface area contributed by atoms with E-state index in [4.69, 9.17) is 24.7 Å². The van der Waals surface area contributed by atoms with E-state index in [0.29, 0.717) is 12.4 Å². The molecule has 0 heterocycles. The number of nitrogens with zero attached hydrogens (tertiary/aromatic N) is 1. The number of thioether (sulfide) groups is 1. The van der Waals surface area contributed by atoms with Gasteiger partial charge in [0.25, 0.3) is 5.18 Å². The van der Waals surface area contributed by atoms with Gasteiger partial charge < -0.3 is 18.9 Å². The summed E-state index contributed by atoms with van der Waals surface area (Å²) in [6, 6.07) is 28.8. The Bertz CT molecular complexity index is 908. The van der Waals surface area contributed by atoms with Crippen molar-refractivity contribution < 1.29 is 18.9 Å². The molecule has 3 aromatic rings. The summed E-state index contributed by atoms with van der Waals surface area (Å²) in [7, 11) is 3.21.